The van der Waals surface area contributed by atoms with Gasteiger partial charge >= 0.3 is 15.5 Å². The fourth-order valence-electron chi connectivity index (χ4n) is 2.02. The minimum atomic E-state index is -5.61. The van der Waals surface area contributed by atoms with Crippen LogP contribution in [0.4, 0.5) is 18.9 Å². The van der Waals surface area contributed by atoms with Gasteiger partial charge < -0.3 is 4.84 Å². The molecule has 0 aromatic heterocycles. The topological polar surface area (TPSA) is 67.8 Å². The maximum Gasteiger partial charge on any atom is 0.516 e. The van der Waals surface area contributed by atoms with Gasteiger partial charge in [0.1, 0.15) is 6.61 Å². The van der Waals surface area contributed by atoms with Crippen LogP contribution in [-0.2, 0) is 21.5 Å². The summed E-state index contributed by atoms with van der Waals surface area (Å²) in [4.78, 5) is 5.17. The number of sulfonamides is 1. The summed E-state index contributed by atoms with van der Waals surface area (Å²) in [6.07, 6.45) is 0. The third-order valence-electron chi connectivity index (χ3n) is 3.37. The van der Waals surface area contributed by atoms with E-state index in [1.54, 1.807) is 18.2 Å². The van der Waals surface area contributed by atoms with Gasteiger partial charge in [0.05, 0.1) is 21.4 Å². The largest absolute Gasteiger partial charge is 0.516 e. The molecule has 0 heterocycles. The first kappa shape index (κ1) is 22.6. The van der Waals surface area contributed by atoms with Gasteiger partial charge in [0.25, 0.3) is 0 Å². The number of benzene rings is 2. The predicted octanol–water partition coefficient (Wildman–Crippen LogP) is 5.85. The van der Waals surface area contributed by atoms with Crippen LogP contribution in [0, 0.1) is 0 Å². The second kappa shape index (κ2) is 8.77. The van der Waals surface area contributed by atoms with Crippen molar-refractivity contribution in [2.75, 3.05) is 4.72 Å². The van der Waals surface area contributed by atoms with Gasteiger partial charge in [-0.3, -0.25) is 4.72 Å². The molecule has 0 unspecified atom stereocenters. The Labute approximate surface area is 174 Å². The van der Waals surface area contributed by atoms with E-state index in [-0.39, 0.29) is 33.6 Å². The smallest absolute Gasteiger partial charge is 0.391 e. The van der Waals surface area contributed by atoms with Crippen molar-refractivity contribution >= 4 is 56.2 Å². The van der Waals surface area contributed by atoms with Crippen LogP contribution in [-0.4, -0.2) is 19.6 Å². The highest BCUT2D eigenvalue weighted by Gasteiger charge is 2.46. The Morgan fingerprint density at radius 2 is 1.86 bits per heavy atom. The molecule has 0 saturated heterocycles. The minimum Gasteiger partial charge on any atom is -0.391 e. The van der Waals surface area contributed by atoms with E-state index >= 15 is 0 Å². The molecule has 0 spiro atoms. The predicted molar refractivity (Wildman–Crippen MR) is 104 cm³/mol. The number of nitrogens with zero attached hydrogens (tertiary/aromatic N) is 1. The molecule has 0 bridgehead atoms. The Kier molecular flexibility index (Phi) is 7.08. The van der Waals surface area contributed by atoms with Crippen molar-refractivity contribution in [2.24, 2.45) is 5.16 Å². The van der Waals surface area contributed by atoms with Gasteiger partial charge in [-0.05, 0) is 31.2 Å². The molecule has 0 amide bonds. The molecule has 12 heteroatoms. The first-order chi connectivity index (χ1) is 12.9. The second-order valence-electron chi connectivity index (χ2n) is 5.40. The van der Waals surface area contributed by atoms with Crippen LogP contribution >= 0.6 is 34.8 Å². The quantitative estimate of drug-likeness (QED) is 0.421. The average Bonchev–Trinajstić information content (AvgIpc) is 2.59. The molecule has 0 aliphatic rings. The normalized spacial score (nSPS) is 12.8. The van der Waals surface area contributed by atoms with Crippen LogP contribution in [0.3, 0.4) is 0 Å². The van der Waals surface area contributed by atoms with Crippen LogP contribution in [0.25, 0.3) is 0 Å². The van der Waals surface area contributed by atoms with Crippen molar-refractivity contribution in [2.45, 2.75) is 19.0 Å². The molecular formula is C16H12Cl3F3N2O3S. The number of halogens is 6. The standard InChI is InChI=1S/C16H12Cl3F3N2O3S/c1-9(23-27-8-10-3-2-4-13(18)15(10)19)12-7-11(17)5-6-14(12)24-28(25,26)16(20,21)22/h2-7,24H,8H2,1H3. The van der Waals surface area contributed by atoms with Gasteiger partial charge in [0.2, 0.25) is 0 Å². The molecule has 0 aliphatic carbocycles. The number of nitrogens with one attached hydrogen (secondary N) is 1. The van der Waals surface area contributed by atoms with Gasteiger partial charge in [0, 0.05) is 16.1 Å². The molecule has 0 radical (unpaired) electrons. The molecule has 28 heavy (non-hydrogen) atoms. The monoisotopic (exact) mass is 474 g/mol. The summed E-state index contributed by atoms with van der Waals surface area (Å²) in [5, 5.41) is 4.56. The average molecular weight is 476 g/mol. The molecule has 0 fully saturated rings. The minimum absolute atomic E-state index is 0.0116. The van der Waals surface area contributed by atoms with Gasteiger partial charge in [0.15, 0.2) is 0 Å². The van der Waals surface area contributed by atoms with Gasteiger partial charge in [-0.25, -0.2) is 0 Å². The summed E-state index contributed by atoms with van der Waals surface area (Å²) in [6.45, 7) is 1.34. The number of oxime groups is 1. The van der Waals surface area contributed by atoms with Gasteiger partial charge in [-0.15, -0.1) is 0 Å². The number of hydrogen-bond donors (Lipinski definition) is 1. The summed E-state index contributed by atoms with van der Waals surface area (Å²) >= 11 is 17.8. The maximum absolute atomic E-state index is 12.6. The van der Waals surface area contributed by atoms with E-state index in [4.69, 9.17) is 39.6 Å². The number of rotatable bonds is 6. The van der Waals surface area contributed by atoms with Crippen LogP contribution in [0.2, 0.25) is 15.1 Å². The lowest BCUT2D eigenvalue weighted by molar-refractivity contribution is -0.0429. The van der Waals surface area contributed by atoms with E-state index < -0.39 is 15.5 Å². The van der Waals surface area contributed by atoms with Crippen LogP contribution in [0.15, 0.2) is 41.6 Å². The third kappa shape index (κ3) is 5.44. The highest BCUT2D eigenvalue weighted by molar-refractivity contribution is 7.93. The number of hydrogen-bond acceptors (Lipinski definition) is 4. The van der Waals surface area contributed by atoms with Crippen LogP contribution in [0.1, 0.15) is 18.1 Å². The maximum atomic E-state index is 12.6. The molecular weight excluding hydrogens is 464 g/mol. The van der Waals surface area contributed by atoms with Crippen molar-refractivity contribution in [3.63, 3.8) is 0 Å². The van der Waals surface area contributed by atoms with Gasteiger partial charge in [-0.1, -0.05) is 52.1 Å². The highest BCUT2D eigenvalue weighted by atomic mass is 35.5. The van der Waals surface area contributed by atoms with E-state index in [0.29, 0.717) is 10.6 Å². The summed E-state index contributed by atoms with van der Waals surface area (Å²) < 4.78 is 62.1. The van der Waals surface area contributed by atoms with E-state index in [2.05, 4.69) is 5.16 Å². The molecule has 2 aromatic rings. The molecule has 5 nitrogen and oxygen atoms in total. The Bertz CT molecular complexity index is 1010. The lowest BCUT2D eigenvalue weighted by atomic mass is 10.1. The van der Waals surface area contributed by atoms with Crippen LogP contribution < -0.4 is 4.72 Å². The van der Waals surface area contributed by atoms with Crippen molar-refractivity contribution in [3.8, 4) is 0 Å². The third-order valence-corrected chi connectivity index (χ3v) is 5.56. The van der Waals surface area contributed by atoms with E-state index in [0.717, 1.165) is 6.07 Å². The molecule has 0 saturated carbocycles. The molecule has 2 rings (SSSR count). The zero-order chi connectivity index (χ0) is 21.1. The van der Waals surface area contributed by atoms with Crippen molar-refractivity contribution in [1.82, 2.24) is 0 Å². The molecule has 0 atom stereocenters. The summed E-state index contributed by atoms with van der Waals surface area (Å²) in [7, 11) is -5.61. The molecule has 0 aliphatic heterocycles. The lowest BCUT2D eigenvalue weighted by Gasteiger charge is -2.14. The first-order valence-corrected chi connectivity index (χ1v) is 10.0. The fraction of sp³-hybridized carbons (Fsp3) is 0.188. The Hall–Kier alpha value is -1.68. The molecule has 2 aromatic carbocycles. The SMILES string of the molecule is CC(=NOCc1cccc(Cl)c1Cl)c1cc(Cl)ccc1NS(=O)(=O)C(F)(F)F. The highest BCUT2D eigenvalue weighted by Crippen LogP contribution is 2.29. The molecule has 1 N–H and O–H groups in total. The zero-order valence-electron chi connectivity index (χ0n) is 14.0. The summed E-state index contributed by atoms with van der Waals surface area (Å²) in [5.74, 6) is 0. The lowest BCUT2D eigenvalue weighted by Crippen LogP contribution is -2.30. The number of anilines is 1. The number of alkyl halides is 3. The second-order valence-corrected chi connectivity index (χ2v) is 8.30. The van der Waals surface area contributed by atoms with Crippen molar-refractivity contribution in [1.29, 1.82) is 0 Å². The van der Waals surface area contributed by atoms with E-state index in [9.17, 15) is 21.6 Å². The summed E-state index contributed by atoms with van der Waals surface area (Å²) in [5.41, 5.74) is -5.20. The van der Waals surface area contributed by atoms with E-state index in [1.165, 1.54) is 23.8 Å². The van der Waals surface area contributed by atoms with Crippen molar-refractivity contribution < 1.29 is 26.4 Å². The zero-order valence-corrected chi connectivity index (χ0v) is 17.1. The van der Waals surface area contributed by atoms with Crippen molar-refractivity contribution in [3.05, 3.63) is 62.6 Å². The Morgan fingerprint density at radius 1 is 1.18 bits per heavy atom. The Morgan fingerprint density at radius 3 is 2.50 bits per heavy atom. The fourth-order valence-corrected chi connectivity index (χ4v) is 3.15. The summed E-state index contributed by atoms with van der Waals surface area (Å²) in [6, 6.07) is 8.48. The van der Waals surface area contributed by atoms with E-state index in [1.807, 2.05) is 0 Å². The van der Waals surface area contributed by atoms with Gasteiger partial charge in [-0.2, -0.15) is 21.6 Å². The first-order valence-electron chi connectivity index (χ1n) is 7.41. The Balaban J connectivity index is 2.27. The molecule has 152 valence electrons. The van der Waals surface area contributed by atoms with Crippen LogP contribution in [0.5, 0.6) is 0 Å².